The molecular weight excluding hydrogens is 316 g/mol. The van der Waals surface area contributed by atoms with E-state index < -0.39 is 11.6 Å². The van der Waals surface area contributed by atoms with Crippen molar-refractivity contribution in [2.45, 2.75) is 20.0 Å². The van der Waals surface area contributed by atoms with Crippen LogP contribution in [0.1, 0.15) is 18.1 Å². The van der Waals surface area contributed by atoms with Crippen LogP contribution in [0.15, 0.2) is 29.0 Å². The molecule has 19 heavy (non-hydrogen) atoms. The molecule has 0 bridgehead atoms. The lowest BCUT2D eigenvalue weighted by molar-refractivity contribution is 0.529. The van der Waals surface area contributed by atoms with Gasteiger partial charge in [-0.25, -0.2) is 8.78 Å². The molecular formula is C13H14BrF2N3. The maximum Gasteiger partial charge on any atom is 0.145 e. The van der Waals surface area contributed by atoms with Crippen LogP contribution in [0, 0.1) is 11.6 Å². The molecule has 1 aromatic carbocycles. The first kappa shape index (κ1) is 14.1. The van der Waals surface area contributed by atoms with E-state index in [4.69, 9.17) is 0 Å². The van der Waals surface area contributed by atoms with Gasteiger partial charge in [0.25, 0.3) is 0 Å². The summed E-state index contributed by atoms with van der Waals surface area (Å²) in [6.45, 7) is 3.64. The fraction of sp³-hybridized carbons (Fsp3) is 0.308. The molecule has 0 atom stereocenters. The monoisotopic (exact) mass is 329 g/mol. The summed E-state index contributed by atoms with van der Waals surface area (Å²) in [5.41, 5.74) is 0.991. The van der Waals surface area contributed by atoms with Crippen LogP contribution in [-0.2, 0) is 13.1 Å². The van der Waals surface area contributed by atoms with Crippen molar-refractivity contribution in [3.63, 3.8) is 0 Å². The first-order valence-electron chi connectivity index (χ1n) is 5.96. The van der Waals surface area contributed by atoms with Crippen LogP contribution in [0.25, 0.3) is 0 Å². The van der Waals surface area contributed by atoms with E-state index in [-0.39, 0.29) is 16.6 Å². The molecule has 0 spiro atoms. The van der Waals surface area contributed by atoms with E-state index in [1.54, 1.807) is 12.4 Å². The molecule has 0 radical (unpaired) electrons. The Bertz CT molecular complexity index is 569. The first-order valence-corrected chi connectivity index (χ1v) is 6.75. The number of hydrogen-bond donors (Lipinski definition) is 1. The highest BCUT2D eigenvalue weighted by Gasteiger charge is 2.13. The molecule has 0 aliphatic carbocycles. The number of nitrogens with one attached hydrogen (secondary N) is 1. The van der Waals surface area contributed by atoms with Crippen molar-refractivity contribution in [3.8, 4) is 0 Å². The lowest BCUT2D eigenvalue weighted by Gasteiger charge is -2.06. The minimum absolute atomic E-state index is 0.00692. The summed E-state index contributed by atoms with van der Waals surface area (Å²) in [6, 6.07) is 2.60. The summed E-state index contributed by atoms with van der Waals surface area (Å²) < 4.78 is 29.2. The van der Waals surface area contributed by atoms with Gasteiger partial charge in [0.2, 0.25) is 0 Å². The molecule has 0 saturated heterocycles. The predicted molar refractivity (Wildman–Crippen MR) is 72.8 cm³/mol. The molecule has 0 aliphatic heterocycles. The van der Waals surface area contributed by atoms with Crippen molar-refractivity contribution in [2.75, 3.05) is 6.54 Å². The molecule has 0 aliphatic rings. The van der Waals surface area contributed by atoms with E-state index in [0.717, 1.165) is 12.1 Å². The Kier molecular flexibility index (Phi) is 4.66. The summed E-state index contributed by atoms with van der Waals surface area (Å²) >= 11 is 3.05. The van der Waals surface area contributed by atoms with Crippen molar-refractivity contribution in [2.24, 2.45) is 0 Å². The quantitative estimate of drug-likeness (QED) is 0.854. The Labute approximate surface area is 118 Å². The van der Waals surface area contributed by atoms with Gasteiger partial charge in [-0.15, -0.1) is 0 Å². The number of benzene rings is 1. The number of hydrogen-bond acceptors (Lipinski definition) is 2. The zero-order valence-corrected chi connectivity index (χ0v) is 12.0. The van der Waals surface area contributed by atoms with Crippen LogP contribution >= 0.6 is 15.9 Å². The van der Waals surface area contributed by atoms with Gasteiger partial charge in [-0.1, -0.05) is 6.92 Å². The third kappa shape index (κ3) is 3.39. The Morgan fingerprint density at radius 3 is 2.89 bits per heavy atom. The Morgan fingerprint density at radius 2 is 2.16 bits per heavy atom. The van der Waals surface area contributed by atoms with E-state index in [1.165, 1.54) is 16.8 Å². The molecule has 3 nitrogen and oxygen atoms in total. The standard InChI is InChI=1S/C13H14BrF2N3/c1-2-17-5-9-6-18-19(7-9)8-10-12(15)4-3-11(14)13(10)16/h3-4,6-7,17H,2,5,8H2,1H3. The topological polar surface area (TPSA) is 29.9 Å². The summed E-state index contributed by atoms with van der Waals surface area (Å²) in [4.78, 5) is 0. The highest BCUT2D eigenvalue weighted by atomic mass is 79.9. The van der Waals surface area contributed by atoms with E-state index in [0.29, 0.717) is 6.54 Å². The van der Waals surface area contributed by atoms with Gasteiger partial charge in [0.05, 0.1) is 17.2 Å². The van der Waals surface area contributed by atoms with Crippen molar-refractivity contribution in [3.05, 3.63) is 51.8 Å². The SMILES string of the molecule is CCNCc1cnn(Cc2c(F)ccc(Br)c2F)c1. The van der Waals surface area contributed by atoms with Crippen LogP contribution in [0.4, 0.5) is 8.78 Å². The highest BCUT2D eigenvalue weighted by Crippen LogP contribution is 2.22. The van der Waals surface area contributed by atoms with Gasteiger partial charge < -0.3 is 5.32 Å². The Morgan fingerprint density at radius 1 is 1.37 bits per heavy atom. The molecule has 1 aromatic heterocycles. The molecule has 1 heterocycles. The zero-order chi connectivity index (χ0) is 13.8. The van der Waals surface area contributed by atoms with Crippen LogP contribution in [-0.4, -0.2) is 16.3 Å². The van der Waals surface area contributed by atoms with Crippen molar-refractivity contribution < 1.29 is 8.78 Å². The van der Waals surface area contributed by atoms with Crippen LogP contribution in [0.3, 0.4) is 0 Å². The van der Waals surface area contributed by atoms with Crippen LogP contribution in [0.2, 0.25) is 0 Å². The molecule has 2 aromatic rings. The predicted octanol–water partition coefficient (Wildman–Crippen LogP) is 3.08. The Balaban J connectivity index is 2.17. The number of rotatable bonds is 5. The average Bonchev–Trinajstić information content (AvgIpc) is 2.84. The molecule has 1 N–H and O–H groups in total. The van der Waals surface area contributed by atoms with Crippen molar-refractivity contribution in [1.82, 2.24) is 15.1 Å². The van der Waals surface area contributed by atoms with Gasteiger partial charge in [0.15, 0.2) is 0 Å². The average molecular weight is 330 g/mol. The normalized spacial score (nSPS) is 10.9. The Hall–Kier alpha value is -1.27. The van der Waals surface area contributed by atoms with E-state index in [1.807, 2.05) is 6.92 Å². The first-order chi connectivity index (χ1) is 9.11. The largest absolute Gasteiger partial charge is 0.313 e. The maximum absolute atomic E-state index is 13.8. The highest BCUT2D eigenvalue weighted by molar-refractivity contribution is 9.10. The van der Waals surface area contributed by atoms with Crippen LogP contribution < -0.4 is 5.32 Å². The molecule has 0 unspecified atom stereocenters. The minimum atomic E-state index is -0.580. The van der Waals surface area contributed by atoms with Gasteiger partial charge >= 0.3 is 0 Å². The summed E-state index contributed by atoms with van der Waals surface area (Å²) in [7, 11) is 0. The van der Waals surface area contributed by atoms with Gasteiger partial charge in [0, 0.05) is 23.9 Å². The van der Waals surface area contributed by atoms with Crippen molar-refractivity contribution >= 4 is 15.9 Å². The summed E-state index contributed by atoms with van der Waals surface area (Å²) in [6.07, 6.45) is 3.47. The fourth-order valence-corrected chi connectivity index (χ4v) is 2.10. The molecule has 0 fully saturated rings. The number of nitrogens with zero attached hydrogens (tertiary/aromatic N) is 2. The van der Waals surface area contributed by atoms with Gasteiger partial charge in [-0.2, -0.15) is 5.10 Å². The van der Waals surface area contributed by atoms with Gasteiger partial charge in [-0.3, -0.25) is 4.68 Å². The third-order valence-electron chi connectivity index (χ3n) is 2.72. The summed E-state index contributed by atoms with van der Waals surface area (Å²) in [5, 5.41) is 7.27. The zero-order valence-electron chi connectivity index (χ0n) is 10.5. The second-order valence-corrected chi connectivity index (χ2v) is 5.00. The third-order valence-corrected chi connectivity index (χ3v) is 3.34. The second kappa shape index (κ2) is 6.25. The maximum atomic E-state index is 13.8. The van der Waals surface area contributed by atoms with Gasteiger partial charge in [-0.05, 0) is 34.6 Å². The molecule has 6 heteroatoms. The molecule has 2 rings (SSSR count). The number of halogens is 3. The second-order valence-electron chi connectivity index (χ2n) is 4.15. The molecule has 0 saturated carbocycles. The van der Waals surface area contributed by atoms with E-state index >= 15 is 0 Å². The molecule has 102 valence electrons. The smallest absolute Gasteiger partial charge is 0.145 e. The van der Waals surface area contributed by atoms with Crippen LogP contribution in [0.5, 0.6) is 0 Å². The van der Waals surface area contributed by atoms with Gasteiger partial charge in [0.1, 0.15) is 11.6 Å². The fourth-order valence-electron chi connectivity index (χ4n) is 1.73. The number of aromatic nitrogens is 2. The van der Waals surface area contributed by atoms with E-state index in [2.05, 4.69) is 26.3 Å². The lowest BCUT2D eigenvalue weighted by atomic mass is 10.2. The van der Waals surface area contributed by atoms with Crippen molar-refractivity contribution in [1.29, 1.82) is 0 Å². The van der Waals surface area contributed by atoms with E-state index in [9.17, 15) is 8.78 Å². The lowest BCUT2D eigenvalue weighted by Crippen LogP contribution is -2.11. The summed E-state index contributed by atoms with van der Waals surface area (Å²) in [5.74, 6) is -1.15. The minimum Gasteiger partial charge on any atom is -0.313 e. The molecule has 0 amide bonds.